The Morgan fingerprint density at radius 1 is 1.11 bits per heavy atom. The molecule has 0 amide bonds. The number of hydrogen-bond donors (Lipinski definition) is 1. The largest absolute Gasteiger partial charge is 0.367 e. The molecule has 100 valence electrons. The molecule has 1 aliphatic rings. The van der Waals surface area contributed by atoms with E-state index in [9.17, 15) is 0 Å². The molecule has 0 bridgehead atoms. The summed E-state index contributed by atoms with van der Waals surface area (Å²) in [4.78, 5) is 4.38. The maximum absolute atomic E-state index is 5.95. The lowest BCUT2D eigenvalue weighted by Gasteiger charge is -2.12. The second-order valence-electron chi connectivity index (χ2n) is 5.21. The lowest BCUT2D eigenvalue weighted by molar-refractivity contribution is 0.413. The lowest BCUT2D eigenvalue weighted by Crippen LogP contribution is -2.01. The van der Waals surface area contributed by atoms with Crippen molar-refractivity contribution >= 4 is 5.88 Å². The van der Waals surface area contributed by atoms with E-state index in [2.05, 4.69) is 10.1 Å². The molecule has 3 rings (SSSR count). The van der Waals surface area contributed by atoms with Crippen LogP contribution in [-0.2, 0) is 0 Å². The van der Waals surface area contributed by atoms with E-state index in [-0.39, 0.29) is 0 Å². The van der Waals surface area contributed by atoms with Gasteiger partial charge in [0, 0.05) is 12.1 Å². The number of pyridine rings is 1. The van der Waals surface area contributed by atoms with Gasteiger partial charge >= 0.3 is 0 Å². The minimum atomic E-state index is 0.387. The molecule has 0 aliphatic heterocycles. The first kappa shape index (κ1) is 12.2. The van der Waals surface area contributed by atoms with Gasteiger partial charge in [0.1, 0.15) is 0 Å². The monoisotopic (exact) mass is 257 g/mol. The maximum Gasteiger partial charge on any atom is 0.231 e. The summed E-state index contributed by atoms with van der Waals surface area (Å²) in [6, 6.07) is 5.83. The third kappa shape index (κ3) is 2.48. The Bertz CT molecular complexity index is 528. The second kappa shape index (κ2) is 5.43. The SMILES string of the molecule is Nc1onc(C2CCCCCC2)c1-c1ccccn1. The minimum absolute atomic E-state index is 0.387. The van der Waals surface area contributed by atoms with Crippen LogP contribution in [0, 0.1) is 0 Å². The fourth-order valence-corrected chi connectivity index (χ4v) is 2.92. The van der Waals surface area contributed by atoms with Gasteiger partial charge in [0.15, 0.2) is 0 Å². The number of rotatable bonds is 2. The van der Waals surface area contributed by atoms with Gasteiger partial charge in [-0.05, 0) is 25.0 Å². The van der Waals surface area contributed by atoms with Gasteiger partial charge < -0.3 is 10.3 Å². The molecule has 19 heavy (non-hydrogen) atoms. The van der Waals surface area contributed by atoms with Gasteiger partial charge in [-0.25, -0.2) is 0 Å². The van der Waals surface area contributed by atoms with Crippen molar-refractivity contribution in [3.05, 3.63) is 30.1 Å². The Morgan fingerprint density at radius 2 is 1.89 bits per heavy atom. The van der Waals surface area contributed by atoms with Gasteiger partial charge in [0.25, 0.3) is 0 Å². The predicted octanol–water partition coefficient (Wildman–Crippen LogP) is 3.76. The molecule has 0 unspecified atom stereocenters. The number of nitrogens with zero attached hydrogens (tertiary/aromatic N) is 2. The van der Waals surface area contributed by atoms with Crippen LogP contribution in [0.3, 0.4) is 0 Å². The van der Waals surface area contributed by atoms with Crippen molar-refractivity contribution < 1.29 is 4.52 Å². The van der Waals surface area contributed by atoms with Gasteiger partial charge in [0.2, 0.25) is 5.88 Å². The van der Waals surface area contributed by atoms with Crippen molar-refractivity contribution in [1.29, 1.82) is 0 Å². The third-order valence-electron chi connectivity index (χ3n) is 3.91. The van der Waals surface area contributed by atoms with E-state index in [1.54, 1.807) is 6.20 Å². The van der Waals surface area contributed by atoms with Crippen LogP contribution in [0.2, 0.25) is 0 Å². The van der Waals surface area contributed by atoms with E-state index in [1.165, 1.54) is 38.5 Å². The van der Waals surface area contributed by atoms with Gasteiger partial charge in [-0.3, -0.25) is 4.98 Å². The molecule has 4 heteroatoms. The molecule has 1 saturated carbocycles. The normalized spacial score (nSPS) is 17.3. The van der Waals surface area contributed by atoms with Crippen molar-refractivity contribution in [2.75, 3.05) is 5.73 Å². The van der Waals surface area contributed by atoms with Crippen molar-refractivity contribution in [3.8, 4) is 11.3 Å². The van der Waals surface area contributed by atoms with Crippen LogP contribution >= 0.6 is 0 Å². The summed E-state index contributed by atoms with van der Waals surface area (Å²) in [6.07, 6.45) is 9.29. The zero-order valence-electron chi connectivity index (χ0n) is 11.0. The Kier molecular flexibility index (Phi) is 3.49. The Morgan fingerprint density at radius 3 is 2.58 bits per heavy atom. The van der Waals surface area contributed by atoms with E-state index < -0.39 is 0 Å². The smallest absolute Gasteiger partial charge is 0.231 e. The molecule has 0 spiro atoms. The summed E-state index contributed by atoms with van der Waals surface area (Å²) in [5.74, 6) is 0.846. The van der Waals surface area contributed by atoms with Crippen LogP contribution < -0.4 is 5.73 Å². The fraction of sp³-hybridized carbons (Fsp3) is 0.467. The highest BCUT2D eigenvalue weighted by atomic mass is 16.5. The zero-order chi connectivity index (χ0) is 13.1. The summed E-state index contributed by atoms with van der Waals surface area (Å²) in [6.45, 7) is 0. The summed E-state index contributed by atoms with van der Waals surface area (Å²) in [5, 5.41) is 4.22. The van der Waals surface area contributed by atoms with E-state index >= 15 is 0 Å². The average molecular weight is 257 g/mol. The van der Waals surface area contributed by atoms with E-state index in [1.807, 2.05) is 18.2 Å². The Labute approximate surface area is 113 Å². The van der Waals surface area contributed by atoms with E-state index in [0.717, 1.165) is 17.0 Å². The standard InChI is InChI=1S/C15H19N3O/c16-15-13(12-9-5-6-10-17-12)14(18-19-15)11-7-3-1-2-4-8-11/h5-6,9-11H,1-4,7-8,16H2. The van der Waals surface area contributed by atoms with Crippen LogP contribution in [0.25, 0.3) is 11.3 Å². The van der Waals surface area contributed by atoms with Crippen LogP contribution in [0.15, 0.2) is 28.9 Å². The summed E-state index contributed by atoms with van der Waals surface area (Å²) in [5.41, 5.74) is 8.71. The van der Waals surface area contributed by atoms with Crippen molar-refractivity contribution in [1.82, 2.24) is 10.1 Å². The van der Waals surface area contributed by atoms with E-state index in [0.29, 0.717) is 11.8 Å². The molecule has 0 atom stereocenters. The number of hydrogen-bond acceptors (Lipinski definition) is 4. The van der Waals surface area contributed by atoms with Crippen LogP contribution in [0.5, 0.6) is 0 Å². The van der Waals surface area contributed by atoms with Crippen LogP contribution in [0.1, 0.15) is 50.1 Å². The molecular weight excluding hydrogens is 238 g/mol. The van der Waals surface area contributed by atoms with Crippen LogP contribution in [0.4, 0.5) is 5.88 Å². The highest BCUT2D eigenvalue weighted by molar-refractivity contribution is 5.72. The molecule has 0 saturated heterocycles. The molecule has 0 aromatic carbocycles. The first-order chi connectivity index (χ1) is 9.36. The van der Waals surface area contributed by atoms with Gasteiger partial charge in [-0.1, -0.05) is 36.9 Å². The number of nitrogens with two attached hydrogens (primary N) is 1. The summed E-state index contributed by atoms with van der Waals surface area (Å²) in [7, 11) is 0. The van der Waals surface area contributed by atoms with Gasteiger partial charge in [0.05, 0.1) is 17.0 Å². The molecule has 2 heterocycles. The molecule has 2 N–H and O–H groups in total. The number of aromatic nitrogens is 2. The number of nitrogen functional groups attached to an aromatic ring is 1. The fourth-order valence-electron chi connectivity index (χ4n) is 2.92. The second-order valence-corrected chi connectivity index (χ2v) is 5.21. The van der Waals surface area contributed by atoms with Crippen molar-refractivity contribution in [3.63, 3.8) is 0 Å². The molecule has 4 nitrogen and oxygen atoms in total. The molecular formula is C15H19N3O. The third-order valence-corrected chi connectivity index (χ3v) is 3.91. The molecule has 1 fully saturated rings. The quantitative estimate of drug-likeness (QED) is 0.832. The lowest BCUT2D eigenvalue weighted by atomic mass is 9.92. The van der Waals surface area contributed by atoms with Crippen molar-refractivity contribution in [2.45, 2.75) is 44.4 Å². The van der Waals surface area contributed by atoms with E-state index in [4.69, 9.17) is 10.3 Å². The Balaban J connectivity index is 1.98. The van der Waals surface area contributed by atoms with Crippen molar-refractivity contribution in [2.24, 2.45) is 0 Å². The van der Waals surface area contributed by atoms with Gasteiger partial charge in [-0.2, -0.15) is 0 Å². The summed E-state index contributed by atoms with van der Waals surface area (Å²) >= 11 is 0. The highest BCUT2D eigenvalue weighted by Crippen LogP contribution is 2.38. The predicted molar refractivity (Wildman–Crippen MR) is 74.6 cm³/mol. The van der Waals surface area contributed by atoms with Gasteiger partial charge in [-0.15, -0.1) is 0 Å². The maximum atomic E-state index is 5.95. The number of anilines is 1. The topological polar surface area (TPSA) is 64.9 Å². The highest BCUT2D eigenvalue weighted by Gasteiger charge is 2.25. The first-order valence-corrected chi connectivity index (χ1v) is 7.02. The minimum Gasteiger partial charge on any atom is -0.367 e. The molecule has 2 aromatic heterocycles. The molecule has 0 radical (unpaired) electrons. The Hall–Kier alpha value is -1.84. The van der Waals surface area contributed by atoms with Crippen LogP contribution in [-0.4, -0.2) is 10.1 Å². The summed E-state index contributed by atoms with van der Waals surface area (Å²) < 4.78 is 5.23. The zero-order valence-corrected chi connectivity index (χ0v) is 11.0. The molecule has 2 aromatic rings. The average Bonchev–Trinajstić information content (AvgIpc) is 2.67. The molecule has 1 aliphatic carbocycles. The first-order valence-electron chi connectivity index (χ1n) is 7.02.